The minimum Gasteiger partial charge on any atom is -0.376 e. The van der Waals surface area contributed by atoms with Crippen LogP contribution in [-0.2, 0) is 4.74 Å². The maximum Gasteiger partial charge on any atom is 0.0867 e. The Balaban J connectivity index is 3.15. The minimum atomic E-state index is -0.121. The molecule has 0 heterocycles. The van der Waals surface area contributed by atoms with E-state index in [0.717, 1.165) is 19.4 Å². The Morgan fingerprint density at radius 1 is 1.22 bits per heavy atom. The molecule has 0 saturated carbocycles. The van der Waals surface area contributed by atoms with E-state index in [1.165, 1.54) is 11.1 Å². The largest absolute Gasteiger partial charge is 0.376 e. The van der Waals surface area contributed by atoms with Crippen LogP contribution in [-0.4, -0.2) is 19.3 Å². The number of likely N-dealkylation sites (N-methyl/N-ethyl adjacent to an activating group) is 1. The summed E-state index contributed by atoms with van der Waals surface area (Å²) in [7, 11) is 1.83. The van der Waals surface area contributed by atoms with E-state index in [1.807, 2.05) is 7.11 Å². The van der Waals surface area contributed by atoms with E-state index < -0.39 is 0 Å². The van der Waals surface area contributed by atoms with Crippen LogP contribution in [0.4, 0.5) is 0 Å². The second-order valence-electron chi connectivity index (χ2n) is 4.88. The zero-order valence-electron chi connectivity index (χ0n) is 12.4. The predicted octanol–water partition coefficient (Wildman–Crippen LogP) is 3.85. The van der Waals surface area contributed by atoms with Gasteiger partial charge < -0.3 is 10.1 Å². The maximum atomic E-state index is 5.88. The molecule has 2 nitrogen and oxygen atoms in total. The molecule has 102 valence electrons. The summed E-state index contributed by atoms with van der Waals surface area (Å²) in [5.74, 6) is 0. The molecule has 0 saturated heterocycles. The fourth-order valence-corrected chi connectivity index (χ4v) is 2.73. The molecule has 1 unspecified atom stereocenters. The predicted molar refractivity (Wildman–Crippen MR) is 77.9 cm³/mol. The van der Waals surface area contributed by atoms with Crippen LogP contribution in [0, 0.1) is 6.92 Å². The van der Waals surface area contributed by atoms with Crippen molar-refractivity contribution in [1.29, 1.82) is 0 Å². The van der Waals surface area contributed by atoms with E-state index in [4.69, 9.17) is 4.74 Å². The number of rotatable bonds is 7. The van der Waals surface area contributed by atoms with Gasteiger partial charge in [0.05, 0.1) is 11.6 Å². The topological polar surface area (TPSA) is 21.3 Å². The number of benzene rings is 1. The standard InChI is InChI=1S/C16H27NO/c1-6-16(7-2,18-5)15(17-8-3)14-11-9-10-13(4)12-14/h9-12,15,17H,6-8H2,1-5H3. The lowest BCUT2D eigenvalue weighted by Gasteiger charge is -2.39. The highest BCUT2D eigenvalue weighted by molar-refractivity contribution is 5.27. The molecule has 0 aliphatic heterocycles. The summed E-state index contributed by atoms with van der Waals surface area (Å²) in [5, 5.41) is 3.59. The number of hydrogen-bond donors (Lipinski definition) is 1. The molecule has 1 N–H and O–H groups in total. The molecule has 0 bridgehead atoms. The van der Waals surface area contributed by atoms with Crippen LogP contribution in [0.5, 0.6) is 0 Å². The zero-order valence-corrected chi connectivity index (χ0v) is 12.4. The highest BCUT2D eigenvalue weighted by atomic mass is 16.5. The van der Waals surface area contributed by atoms with Crippen molar-refractivity contribution in [2.75, 3.05) is 13.7 Å². The summed E-state index contributed by atoms with van der Waals surface area (Å²) in [6.07, 6.45) is 2.01. The van der Waals surface area contributed by atoms with Crippen LogP contribution >= 0.6 is 0 Å². The average molecular weight is 249 g/mol. The quantitative estimate of drug-likeness (QED) is 0.792. The van der Waals surface area contributed by atoms with E-state index >= 15 is 0 Å². The fraction of sp³-hybridized carbons (Fsp3) is 0.625. The van der Waals surface area contributed by atoms with E-state index in [9.17, 15) is 0 Å². The number of nitrogens with one attached hydrogen (secondary N) is 1. The van der Waals surface area contributed by atoms with Crippen molar-refractivity contribution in [3.05, 3.63) is 35.4 Å². The molecule has 0 aromatic heterocycles. The van der Waals surface area contributed by atoms with Crippen LogP contribution in [0.25, 0.3) is 0 Å². The minimum absolute atomic E-state index is 0.121. The van der Waals surface area contributed by atoms with Gasteiger partial charge in [-0.15, -0.1) is 0 Å². The van der Waals surface area contributed by atoms with Gasteiger partial charge in [-0.2, -0.15) is 0 Å². The fourth-order valence-electron chi connectivity index (χ4n) is 2.73. The van der Waals surface area contributed by atoms with Crippen molar-refractivity contribution in [2.45, 2.75) is 52.2 Å². The van der Waals surface area contributed by atoms with Crippen LogP contribution in [0.3, 0.4) is 0 Å². The van der Waals surface area contributed by atoms with Crippen molar-refractivity contribution in [1.82, 2.24) is 5.32 Å². The van der Waals surface area contributed by atoms with Crippen molar-refractivity contribution < 1.29 is 4.74 Å². The van der Waals surface area contributed by atoms with Crippen molar-refractivity contribution in [3.63, 3.8) is 0 Å². The van der Waals surface area contributed by atoms with Gasteiger partial charge >= 0.3 is 0 Å². The van der Waals surface area contributed by atoms with Crippen LogP contribution in [0.2, 0.25) is 0 Å². The van der Waals surface area contributed by atoms with Gasteiger partial charge in [-0.1, -0.05) is 50.6 Å². The second-order valence-corrected chi connectivity index (χ2v) is 4.88. The molecule has 0 aliphatic rings. The molecule has 1 atom stereocenters. The molecule has 1 aromatic rings. The smallest absolute Gasteiger partial charge is 0.0867 e. The first-order chi connectivity index (χ1) is 8.63. The lowest BCUT2D eigenvalue weighted by molar-refractivity contribution is -0.0482. The average Bonchev–Trinajstić information content (AvgIpc) is 2.40. The number of methoxy groups -OCH3 is 1. The summed E-state index contributed by atoms with van der Waals surface area (Å²) in [5.41, 5.74) is 2.50. The third-order valence-electron chi connectivity index (χ3n) is 3.91. The van der Waals surface area contributed by atoms with Crippen molar-refractivity contribution in [3.8, 4) is 0 Å². The van der Waals surface area contributed by atoms with Gasteiger partial charge in [-0.05, 0) is 31.9 Å². The highest BCUT2D eigenvalue weighted by Gasteiger charge is 2.36. The molecule has 2 heteroatoms. The summed E-state index contributed by atoms with van der Waals surface area (Å²) in [4.78, 5) is 0. The summed E-state index contributed by atoms with van der Waals surface area (Å²) in [6.45, 7) is 9.64. The van der Waals surface area contributed by atoms with Gasteiger partial charge in [0.1, 0.15) is 0 Å². The Morgan fingerprint density at radius 2 is 1.89 bits per heavy atom. The summed E-state index contributed by atoms with van der Waals surface area (Å²) < 4.78 is 5.88. The van der Waals surface area contributed by atoms with Gasteiger partial charge in [0.2, 0.25) is 0 Å². The third kappa shape index (κ3) is 3.12. The maximum absolute atomic E-state index is 5.88. The van der Waals surface area contributed by atoms with E-state index in [1.54, 1.807) is 0 Å². The van der Waals surface area contributed by atoms with Crippen LogP contribution < -0.4 is 5.32 Å². The molecule has 18 heavy (non-hydrogen) atoms. The normalized spacial score (nSPS) is 13.6. The number of ether oxygens (including phenoxy) is 1. The van der Waals surface area contributed by atoms with Gasteiger partial charge in [-0.3, -0.25) is 0 Å². The molecule has 0 spiro atoms. The molecule has 1 rings (SSSR count). The van der Waals surface area contributed by atoms with Gasteiger partial charge in [0.25, 0.3) is 0 Å². The first kappa shape index (κ1) is 15.2. The van der Waals surface area contributed by atoms with Crippen LogP contribution in [0.1, 0.15) is 50.8 Å². The third-order valence-corrected chi connectivity index (χ3v) is 3.91. The molecule has 0 fully saturated rings. The second kappa shape index (κ2) is 6.91. The van der Waals surface area contributed by atoms with E-state index in [0.29, 0.717) is 0 Å². The van der Waals surface area contributed by atoms with Gasteiger partial charge in [0, 0.05) is 7.11 Å². The number of aryl methyl sites for hydroxylation is 1. The first-order valence-corrected chi connectivity index (χ1v) is 6.98. The summed E-state index contributed by atoms with van der Waals surface area (Å²) in [6, 6.07) is 8.97. The lowest BCUT2D eigenvalue weighted by atomic mass is 9.83. The molecular formula is C16H27NO. The lowest BCUT2D eigenvalue weighted by Crippen LogP contribution is -2.44. The van der Waals surface area contributed by atoms with Crippen molar-refractivity contribution >= 4 is 0 Å². The highest BCUT2D eigenvalue weighted by Crippen LogP contribution is 2.35. The molecule has 0 amide bonds. The Bertz CT molecular complexity index is 350. The monoisotopic (exact) mass is 249 g/mol. The van der Waals surface area contributed by atoms with E-state index in [-0.39, 0.29) is 11.6 Å². The van der Waals surface area contributed by atoms with Crippen LogP contribution in [0.15, 0.2) is 24.3 Å². The molecule has 0 radical (unpaired) electrons. The Morgan fingerprint density at radius 3 is 2.33 bits per heavy atom. The Labute approximate surface area is 112 Å². The summed E-state index contributed by atoms with van der Waals surface area (Å²) >= 11 is 0. The Hall–Kier alpha value is -0.860. The number of hydrogen-bond acceptors (Lipinski definition) is 2. The van der Waals surface area contributed by atoms with Gasteiger partial charge in [-0.25, -0.2) is 0 Å². The molecular weight excluding hydrogens is 222 g/mol. The van der Waals surface area contributed by atoms with E-state index in [2.05, 4.69) is 57.3 Å². The van der Waals surface area contributed by atoms with Crippen molar-refractivity contribution in [2.24, 2.45) is 0 Å². The zero-order chi connectivity index (χ0) is 13.6. The Kier molecular flexibility index (Phi) is 5.83. The first-order valence-electron chi connectivity index (χ1n) is 6.98. The SMILES string of the molecule is CCNC(c1cccc(C)c1)C(CC)(CC)OC. The molecule has 0 aliphatic carbocycles. The van der Waals surface area contributed by atoms with Gasteiger partial charge in [0.15, 0.2) is 0 Å². The molecule has 1 aromatic carbocycles.